The van der Waals surface area contributed by atoms with E-state index in [0.29, 0.717) is 18.2 Å². The number of halogens is 2. The molecule has 1 aliphatic heterocycles. The van der Waals surface area contributed by atoms with Gasteiger partial charge >= 0.3 is 0 Å². The number of nitrogens with one attached hydrogen (secondary N) is 1. The molecule has 0 radical (unpaired) electrons. The number of rotatable bonds is 5. The molecule has 4 rings (SSSR count). The maximum Gasteiger partial charge on any atom is 0.226 e. The second kappa shape index (κ2) is 7.26. The first-order valence-electron chi connectivity index (χ1n) is 8.73. The number of amides is 1. The highest BCUT2D eigenvalue weighted by Crippen LogP contribution is 2.38. The van der Waals surface area contributed by atoms with Crippen LogP contribution in [0.5, 0.6) is 5.75 Å². The first-order valence-corrected chi connectivity index (χ1v) is 8.73. The van der Waals surface area contributed by atoms with Crippen molar-refractivity contribution in [3.63, 3.8) is 0 Å². The lowest BCUT2D eigenvalue weighted by Gasteiger charge is -2.24. The highest BCUT2D eigenvalue weighted by atomic mass is 19.1. The fraction of sp³-hybridized carbons (Fsp3) is 0.143. The highest BCUT2D eigenvalue weighted by molar-refractivity contribution is 5.94. The molecule has 28 heavy (non-hydrogen) atoms. The molecule has 1 N–H and O–H groups in total. The molecule has 3 aromatic rings. The number of aromatic nitrogens is 2. The van der Waals surface area contributed by atoms with E-state index in [1.807, 2.05) is 24.3 Å². The first kappa shape index (κ1) is 17.9. The number of anilines is 1. The fourth-order valence-electron chi connectivity index (χ4n) is 3.30. The molecule has 142 valence electrons. The summed E-state index contributed by atoms with van der Waals surface area (Å²) in [6.45, 7) is 4.02. The molecule has 1 aromatic heterocycles. The molecule has 5 nitrogen and oxygen atoms in total. The molecule has 1 amide bonds. The number of benzene rings is 2. The molecule has 7 heteroatoms. The maximum absolute atomic E-state index is 14.2. The van der Waals surface area contributed by atoms with Gasteiger partial charge in [-0.05, 0) is 29.8 Å². The Labute approximate surface area is 160 Å². The van der Waals surface area contributed by atoms with Crippen LogP contribution in [0, 0.1) is 11.6 Å². The Morgan fingerprint density at radius 2 is 2.04 bits per heavy atom. The van der Waals surface area contributed by atoms with Gasteiger partial charge in [-0.25, -0.2) is 13.5 Å². The molecule has 1 aliphatic rings. The summed E-state index contributed by atoms with van der Waals surface area (Å²) in [6, 6.07) is 10.7. The summed E-state index contributed by atoms with van der Waals surface area (Å²) in [5, 5.41) is 6.98. The Balaban J connectivity index is 1.71. The summed E-state index contributed by atoms with van der Waals surface area (Å²) in [4.78, 5) is 12.3. The van der Waals surface area contributed by atoms with E-state index >= 15 is 0 Å². The van der Waals surface area contributed by atoms with Gasteiger partial charge in [-0.1, -0.05) is 24.8 Å². The van der Waals surface area contributed by atoms with Crippen molar-refractivity contribution in [3.05, 3.63) is 84.1 Å². The number of hydrogen-bond donors (Lipinski definition) is 1. The summed E-state index contributed by atoms with van der Waals surface area (Å²) in [7, 11) is 0. The summed E-state index contributed by atoms with van der Waals surface area (Å²) in [6.07, 6.45) is 3.51. The van der Waals surface area contributed by atoms with Crippen LogP contribution in [0.3, 0.4) is 0 Å². The minimum Gasteiger partial charge on any atom is -0.490 e. The molecule has 0 bridgehead atoms. The van der Waals surface area contributed by atoms with Crippen molar-refractivity contribution in [2.45, 2.75) is 12.3 Å². The summed E-state index contributed by atoms with van der Waals surface area (Å²) >= 11 is 0. The number of nitrogens with zero attached hydrogens (tertiary/aromatic N) is 2. The van der Waals surface area contributed by atoms with Crippen LogP contribution < -0.4 is 10.1 Å². The molecule has 0 spiro atoms. The highest BCUT2D eigenvalue weighted by Gasteiger charge is 2.31. The van der Waals surface area contributed by atoms with Gasteiger partial charge in [-0.15, -0.1) is 0 Å². The minimum atomic E-state index is -0.758. The van der Waals surface area contributed by atoms with Gasteiger partial charge in [-0.3, -0.25) is 4.79 Å². The van der Waals surface area contributed by atoms with E-state index in [9.17, 15) is 13.6 Å². The van der Waals surface area contributed by atoms with Crippen LogP contribution >= 0.6 is 0 Å². The van der Waals surface area contributed by atoms with Gasteiger partial charge in [0.1, 0.15) is 29.7 Å². The van der Waals surface area contributed by atoms with Crippen LogP contribution in [0.25, 0.3) is 5.69 Å². The third kappa shape index (κ3) is 3.26. The number of carbonyl (C=O) groups is 1. The summed E-state index contributed by atoms with van der Waals surface area (Å²) < 4.78 is 34.2. The molecule has 2 heterocycles. The van der Waals surface area contributed by atoms with Crippen LogP contribution in [-0.2, 0) is 4.79 Å². The summed E-state index contributed by atoms with van der Waals surface area (Å²) in [5.41, 5.74) is 1.75. The Morgan fingerprint density at radius 1 is 1.25 bits per heavy atom. The zero-order valence-corrected chi connectivity index (χ0v) is 14.9. The van der Waals surface area contributed by atoms with Gasteiger partial charge in [0.2, 0.25) is 5.91 Å². The number of carbonyl (C=O) groups excluding carboxylic acids is 1. The standard InChI is InChI=1S/C21H17F2N3O2/c1-2-9-28-15-6-3-13(4-7-15)16-11-20(27)25-21-17(16)12-24-26(21)19-8-5-14(22)10-18(19)23/h2-8,10,12,16H,1,9,11H2,(H,25,27). The maximum atomic E-state index is 14.2. The van der Waals surface area contributed by atoms with Crippen molar-refractivity contribution >= 4 is 11.7 Å². The largest absolute Gasteiger partial charge is 0.490 e. The van der Waals surface area contributed by atoms with Crippen molar-refractivity contribution in [2.75, 3.05) is 11.9 Å². The van der Waals surface area contributed by atoms with E-state index in [0.717, 1.165) is 23.3 Å². The van der Waals surface area contributed by atoms with E-state index in [4.69, 9.17) is 4.74 Å². The fourth-order valence-corrected chi connectivity index (χ4v) is 3.30. The van der Waals surface area contributed by atoms with Crippen molar-refractivity contribution < 1.29 is 18.3 Å². The molecule has 0 saturated heterocycles. The minimum absolute atomic E-state index is 0.0665. The Morgan fingerprint density at radius 3 is 2.75 bits per heavy atom. The van der Waals surface area contributed by atoms with E-state index in [2.05, 4.69) is 17.0 Å². The smallest absolute Gasteiger partial charge is 0.226 e. The van der Waals surface area contributed by atoms with Crippen molar-refractivity contribution in [2.24, 2.45) is 0 Å². The molecule has 1 unspecified atom stereocenters. The van der Waals surface area contributed by atoms with Crippen molar-refractivity contribution in [3.8, 4) is 11.4 Å². The quantitative estimate of drug-likeness (QED) is 0.675. The average molecular weight is 381 g/mol. The van der Waals surface area contributed by atoms with Gasteiger partial charge < -0.3 is 10.1 Å². The lowest BCUT2D eigenvalue weighted by Crippen LogP contribution is -2.24. The predicted molar refractivity (Wildman–Crippen MR) is 101 cm³/mol. The van der Waals surface area contributed by atoms with Crippen LogP contribution in [0.2, 0.25) is 0 Å². The third-order valence-electron chi connectivity index (χ3n) is 4.61. The second-order valence-corrected chi connectivity index (χ2v) is 6.43. The van der Waals surface area contributed by atoms with Gasteiger partial charge in [-0.2, -0.15) is 5.10 Å². The number of hydrogen-bond acceptors (Lipinski definition) is 3. The number of ether oxygens (including phenoxy) is 1. The topological polar surface area (TPSA) is 56.1 Å². The van der Waals surface area contributed by atoms with E-state index in [1.165, 1.54) is 10.7 Å². The van der Waals surface area contributed by atoms with Gasteiger partial charge in [0.25, 0.3) is 0 Å². The molecule has 1 atom stereocenters. The van der Waals surface area contributed by atoms with Crippen LogP contribution in [0.4, 0.5) is 14.6 Å². The normalized spacial score (nSPS) is 15.6. The Bertz CT molecular complexity index is 1040. The monoisotopic (exact) mass is 381 g/mol. The van der Waals surface area contributed by atoms with Crippen LogP contribution in [-0.4, -0.2) is 22.3 Å². The SMILES string of the molecule is C=CCOc1ccc(C2CC(=O)Nc3c2cnn3-c2ccc(F)cc2F)cc1. The third-order valence-corrected chi connectivity index (χ3v) is 4.61. The Kier molecular flexibility index (Phi) is 4.65. The second-order valence-electron chi connectivity index (χ2n) is 6.43. The van der Waals surface area contributed by atoms with Gasteiger partial charge in [0.05, 0.1) is 6.20 Å². The van der Waals surface area contributed by atoms with E-state index in [1.54, 1.807) is 12.3 Å². The molecule has 0 fully saturated rings. The lowest BCUT2D eigenvalue weighted by molar-refractivity contribution is -0.116. The van der Waals surface area contributed by atoms with Crippen LogP contribution in [0.15, 0.2) is 61.3 Å². The molecule has 2 aromatic carbocycles. The Hall–Kier alpha value is -3.48. The zero-order valence-electron chi connectivity index (χ0n) is 14.9. The van der Waals surface area contributed by atoms with Gasteiger partial charge in [0, 0.05) is 24.0 Å². The number of fused-ring (bicyclic) bond motifs is 1. The predicted octanol–water partition coefficient (Wildman–Crippen LogP) is 4.19. The zero-order chi connectivity index (χ0) is 19.7. The molecular formula is C21H17F2N3O2. The lowest BCUT2D eigenvalue weighted by atomic mass is 9.87. The van der Waals surface area contributed by atoms with Crippen LogP contribution in [0.1, 0.15) is 23.5 Å². The van der Waals surface area contributed by atoms with Crippen molar-refractivity contribution in [1.82, 2.24) is 9.78 Å². The molecule has 0 saturated carbocycles. The van der Waals surface area contributed by atoms with Gasteiger partial charge in [0.15, 0.2) is 5.82 Å². The molecule has 0 aliphatic carbocycles. The molecular weight excluding hydrogens is 364 g/mol. The first-order chi connectivity index (χ1) is 13.6. The van der Waals surface area contributed by atoms with Crippen molar-refractivity contribution in [1.29, 1.82) is 0 Å². The van der Waals surface area contributed by atoms with E-state index in [-0.39, 0.29) is 23.9 Å². The van der Waals surface area contributed by atoms with E-state index < -0.39 is 11.6 Å². The average Bonchev–Trinajstić information content (AvgIpc) is 3.09. The summed E-state index contributed by atoms with van der Waals surface area (Å²) in [5.74, 6) is -0.774.